The molecule has 2 atom stereocenters. The number of rotatable bonds is 10. The number of fused-ring (bicyclic) bond motifs is 1. The number of aromatic carboxylic acids is 1. The van der Waals surface area contributed by atoms with E-state index in [1.807, 2.05) is 0 Å². The maximum atomic E-state index is 12.9. The molecule has 156 valence electrons. The average molecular weight is 401 g/mol. The monoisotopic (exact) mass is 401 g/mol. The second kappa shape index (κ2) is 10.5. The molecule has 0 radical (unpaired) electrons. The van der Waals surface area contributed by atoms with E-state index in [4.69, 9.17) is 0 Å². The van der Waals surface area contributed by atoms with E-state index in [-0.39, 0.29) is 30.4 Å². The molecule has 8 heteroatoms. The lowest BCUT2D eigenvalue weighted by Crippen LogP contribution is -2.42. The minimum atomic E-state index is -1.10. The first-order valence-electron chi connectivity index (χ1n) is 9.88. The van der Waals surface area contributed by atoms with Crippen molar-refractivity contribution in [3.8, 4) is 6.07 Å². The van der Waals surface area contributed by atoms with Gasteiger partial charge >= 0.3 is 11.9 Å². The van der Waals surface area contributed by atoms with Gasteiger partial charge in [0, 0.05) is 24.7 Å². The van der Waals surface area contributed by atoms with Crippen LogP contribution in [0.25, 0.3) is 0 Å². The number of carboxylic acid groups (broad SMARTS) is 2. The minimum absolute atomic E-state index is 0.101. The Morgan fingerprint density at radius 1 is 1.31 bits per heavy atom. The highest BCUT2D eigenvalue weighted by Gasteiger charge is 2.31. The Balaban J connectivity index is 2.21. The summed E-state index contributed by atoms with van der Waals surface area (Å²) < 4.78 is 0. The summed E-state index contributed by atoms with van der Waals surface area (Å²) in [6.45, 7) is 2.58. The first-order chi connectivity index (χ1) is 13.8. The molecule has 0 aliphatic carbocycles. The molecule has 1 amide bonds. The first-order valence-corrected chi connectivity index (χ1v) is 9.88. The van der Waals surface area contributed by atoms with Crippen molar-refractivity contribution in [2.45, 2.75) is 58.0 Å². The lowest BCUT2D eigenvalue weighted by Gasteiger charge is -2.25. The number of carboxylic acids is 2. The third-order valence-electron chi connectivity index (χ3n) is 5.12. The molecule has 1 aliphatic rings. The normalized spacial score (nSPS) is 16.9. The summed E-state index contributed by atoms with van der Waals surface area (Å²) in [4.78, 5) is 37.0. The van der Waals surface area contributed by atoms with Crippen molar-refractivity contribution in [3.63, 3.8) is 0 Å². The van der Waals surface area contributed by atoms with Gasteiger partial charge in [-0.05, 0) is 36.6 Å². The topological polar surface area (TPSA) is 131 Å². The quantitative estimate of drug-likeness (QED) is 0.513. The molecule has 0 bridgehead atoms. The van der Waals surface area contributed by atoms with E-state index in [2.05, 4.69) is 18.3 Å². The van der Waals surface area contributed by atoms with Crippen LogP contribution in [0.3, 0.4) is 0 Å². The van der Waals surface area contributed by atoms with Crippen LogP contribution in [0, 0.1) is 17.2 Å². The number of amides is 1. The summed E-state index contributed by atoms with van der Waals surface area (Å²) in [7, 11) is 0. The van der Waals surface area contributed by atoms with Gasteiger partial charge in [0.1, 0.15) is 6.04 Å². The van der Waals surface area contributed by atoms with Gasteiger partial charge in [-0.2, -0.15) is 5.26 Å². The van der Waals surface area contributed by atoms with Gasteiger partial charge < -0.3 is 20.4 Å². The summed E-state index contributed by atoms with van der Waals surface area (Å²) in [5.74, 6) is -2.70. The molecule has 0 fully saturated rings. The Hall–Kier alpha value is -3.08. The van der Waals surface area contributed by atoms with Crippen molar-refractivity contribution >= 4 is 23.5 Å². The standard InChI is InChI=1S/C21H27N3O5/c1-2-3-4-5-14(12-22)8-9-24-13-16-10-15(21(28)29)6-7-17(16)23-18(20(24)27)11-19(25)26/h6-7,10,14,18,23H,2-5,8-9,11,13H2,1H3,(H,25,26)(H,28,29). The van der Waals surface area contributed by atoms with Crippen LogP contribution in [-0.2, 0) is 16.1 Å². The van der Waals surface area contributed by atoms with Crippen LogP contribution in [0.4, 0.5) is 5.69 Å². The number of hydrogen-bond acceptors (Lipinski definition) is 5. The molecule has 2 rings (SSSR count). The van der Waals surface area contributed by atoms with Gasteiger partial charge in [-0.15, -0.1) is 0 Å². The van der Waals surface area contributed by atoms with Crippen molar-refractivity contribution in [3.05, 3.63) is 29.3 Å². The number of nitrogens with zero attached hydrogens (tertiary/aromatic N) is 2. The molecule has 8 nitrogen and oxygen atoms in total. The molecular formula is C21H27N3O5. The lowest BCUT2D eigenvalue weighted by atomic mass is 9.99. The zero-order valence-corrected chi connectivity index (χ0v) is 16.6. The maximum Gasteiger partial charge on any atom is 0.335 e. The second-order valence-corrected chi connectivity index (χ2v) is 7.34. The molecule has 29 heavy (non-hydrogen) atoms. The number of anilines is 1. The van der Waals surface area contributed by atoms with E-state index >= 15 is 0 Å². The van der Waals surface area contributed by atoms with Gasteiger partial charge in [-0.25, -0.2) is 4.79 Å². The van der Waals surface area contributed by atoms with Crippen molar-refractivity contribution < 1.29 is 24.6 Å². The highest BCUT2D eigenvalue weighted by atomic mass is 16.4. The van der Waals surface area contributed by atoms with E-state index in [1.54, 1.807) is 6.07 Å². The summed E-state index contributed by atoms with van der Waals surface area (Å²) in [5, 5.41) is 30.8. The van der Waals surface area contributed by atoms with Crippen LogP contribution < -0.4 is 5.32 Å². The van der Waals surface area contributed by atoms with E-state index in [0.717, 1.165) is 25.7 Å². The number of carbonyl (C=O) groups excluding carboxylic acids is 1. The second-order valence-electron chi connectivity index (χ2n) is 7.34. The van der Waals surface area contributed by atoms with Crippen LogP contribution in [0.1, 0.15) is 61.4 Å². The van der Waals surface area contributed by atoms with E-state index in [1.165, 1.54) is 17.0 Å². The van der Waals surface area contributed by atoms with Crippen molar-refractivity contribution in [2.75, 3.05) is 11.9 Å². The summed E-state index contributed by atoms with van der Waals surface area (Å²) in [5.41, 5.74) is 1.27. The predicted octanol–water partition coefficient (Wildman–Crippen LogP) is 3.09. The van der Waals surface area contributed by atoms with Crippen molar-refractivity contribution in [2.24, 2.45) is 5.92 Å². The van der Waals surface area contributed by atoms with Gasteiger partial charge in [0.25, 0.3) is 0 Å². The van der Waals surface area contributed by atoms with Crippen LogP contribution in [0.15, 0.2) is 18.2 Å². The van der Waals surface area contributed by atoms with Gasteiger partial charge in [-0.3, -0.25) is 9.59 Å². The molecule has 0 saturated heterocycles. The molecule has 1 aromatic rings. The van der Waals surface area contributed by atoms with E-state index in [0.29, 0.717) is 24.2 Å². The summed E-state index contributed by atoms with van der Waals surface area (Å²) in [6.07, 6.45) is 3.96. The highest BCUT2D eigenvalue weighted by Crippen LogP contribution is 2.26. The minimum Gasteiger partial charge on any atom is -0.481 e. The fourth-order valence-corrected chi connectivity index (χ4v) is 3.48. The zero-order valence-electron chi connectivity index (χ0n) is 16.6. The fourth-order valence-electron chi connectivity index (χ4n) is 3.48. The van der Waals surface area contributed by atoms with Gasteiger partial charge in [-0.1, -0.05) is 26.2 Å². The number of nitrogens with one attached hydrogen (secondary N) is 1. The SMILES string of the molecule is CCCCCC(C#N)CCN1Cc2cc(C(=O)O)ccc2NC(CC(=O)O)C1=O. The number of aliphatic carboxylic acids is 1. The van der Waals surface area contributed by atoms with Crippen LogP contribution in [0.5, 0.6) is 0 Å². The van der Waals surface area contributed by atoms with Gasteiger partial charge in [0.05, 0.1) is 18.1 Å². The summed E-state index contributed by atoms with van der Waals surface area (Å²) in [6, 6.07) is 5.83. The van der Waals surface area contributed by atoms with E-state index in [9.17, 15) is 29.9 Å². The third-order valence-corrected chi connectivity index (χ3v) is 5.12. The van der Waals surface area contributed by atoms with E-state index < -0.39 is 18.0 Å². The number of benzene rings is 1. The van der Waals surface area contributed by atoms with Crippen molar-refractivity contribution in [1.29, 1.82) is 5.26 Å². The Kier molecular flexibility index (Phi) is 8.01. The molecular weight excluding hydrogens is 374 g/mol. The van der Waals surface area contributed by atoms with Crippen LogP contribution in [0.2, 0.25) is 0 Å². The van der Waals surface area contributed by atoms with Gasteiger partial charge in [0.2, 0.25) is 5.91 Å². The Labute approximate surface area is 170 Å². The molecule has 3 N–H and O–H groups in total. The number of hydrogen-bond donors (Lipinski definition) is 3. The largest absolute Gasteiger partial charge is 0.481 e. The Morgan fingerprint density at radius 3 is 2.69 bits per heavy atom. The Bertz CT molecular complexity index is 802. The highest BCUT2D eigenvalue weighted by molar-refractivity contribution is 5.92. The van der Waals surface area contributed by atoms with Crippen molar-refractivity contribution in [1.82, 2.24) is 4.90 Å². The molecule has 0 spiro atoms. The van der Waals surface area contributed by atoms with Gasteiger partial charge in [0.15, 0.2) is 0 Å². The third kappa shape index (κ3) is 6.21. The molecule has 1 aromatic carbocycles. The number of nitriles is 1. The smallest absolute Gasteiger partial charge is 0.335 e. The zero-order chi connectivity index (χ0) is 21.4. The Morgan fingerprint density at radius 2 is 2.07 bits per heavy atom. The molecule has 0 saturated carbocycles. The average Bonchev–Trinajstić information content (AvgIpc) is 2.80. The maximum absolute atomic E-state index is 12.9. The summed E-state index contributed by atoms with van der Waals surface area (Å²) >= 11 is 0. The number of carbonyl (C=O) groups is 3. The van der Waals surface area contributed by atoms with Crippen LogP contribution in [-0.4, -0.2) is 45.5 Å². The number of unbranched alkanes of at least 4 members (excludes halogenated alkanes) is 2. The fraction of sp³-hybridized carbons (Fsp3) is 0.524. The molecule has 0 aromatic heterocycles. The predicted molar refractivity (Wildman–Crippen MR) is 106 cm³/mol. The van der Waals surface area contributed by atoms with Crippen LogP contribution >= 0.6 is 0 Å². The molecule has 1 heterocycles. The lowest BCUT2D eigenvalue weighted by molar-refractivity contribution is -0.141. The molecule has 1 aliphatic heterocycles. The first kappa shape index (κ1) is 22.2. The molecule has 2 unspecified atom stereocenters.